The lowest BCUT2D eigenvalue weighted by Crippen LogP contribution is -2.46. The maximum Gasteiger partial charge on any atom is 0.234 e. The van der Waals surface area contributed by atoms with Gasteiger partial charge in [-0.1, -0.05) is 27.2 Å². The first-order valence-corrected chi connectivity index (χ1v) is 8.65. The SMILES string of the molecule is CCC.CCN1CCN(C2CC2)CC1.O=C1CNCCN1. The normalized spacial score (nSPS) is 23.3. The maximum atomic E-state index is 10.3. The summed E-state index contributed by atoms with van der Waals surface area (Å²) < 4.78 is 0. The van der Waals surface area contributed by atoms with Gasteiger partial charge in [-0.3, -0.25) is 9.69 Å². The van der Waals surface area contributed by atoms with E-state index in [0.717, 1.165) is 19.1 Å². The molecule has 5 heteroatoms. The summed E-state index contributed by atoms with van der Waals surface area (Å²) in [5.41, 5.74) is 0. The molecule has 1 amide bonds. The van der Waals surface area contributed by atoms with Crippen LogP contribution in [0.4, 0.5) is 0 Å². The third kappa shape index (κ3) is 8.39. The van der Waals surface area contributed by atoms with Gasteiger partial charge in [0, 0.05) is 45.3 Å². The van der Waals surface area contributed by atoms with E-state index in [1.54, 1.807) is 0 Å². The van der Waals surface area contributed by atoms with E-state index >= 15 is 0 Å². The summed E-state index contributed by atoms with van der Waals surface area (Å²) >= 11 is 0. The van der Waals surface area contributed by atoms with Crippen LogP contribution >= 0.6 is 0 Å². The third-order valence-corrected chi connectivity index (χ3v) is 3.83. The second-order valence-electron chi connectivity index (χ2n) is 5.94. The van der Waals surface area contributed by atoms with Crippen molar-refractivity contribution in [1.29, 1.82) is 0 Å². The molecule has 2 aliphatic heterocycles. The van der Waals surface area contributed by atoms with Crippen LogP contribution < -0.4 is 10.6 Å². The molecule has 5 nitrogen and oxygen atoms in total. The minimum absolute atomic E-state index is 0.103. The lowest BCUT2D eigenvalue weighted by Gasteiger charge is -2.33. The highest BCUT2D eigenvalue weighted by Gasteiger charge is 2.30. The van der Waals surface area contributed by atoms with E-state index in [4.69, 9.17) is 0 Å². The Hall–Kier alpha value is -0.650. The summed E-state index contributed by atoms with van der Waals surface area (Å²) in [7, 11) is 0. The predicted molar refractivity (Wildman–Crippen MR) is 88.6 cm³/mol. The summed E-state index contributed by atoms with van der Waals surface area (Å²) in [5.74, 6) is 0.103. The summed E-state index contributed by atoms with van der Waals surface area (Å²) in [4.78, 5) is 15.5. The molecule has 0 aromatic carbocycles. The van der Waals surface area contributed by atoms with E-state index in [9.17, 15) is 4.79 Å². The number of hydrogen-bond acceptors (Lipinski definition) is 4. The summed E-state index contributed by atoms with van der Waals surface area (Å²) in [5, 5.41) is 5.60. The van der Waals surface area contributed by atoms with Crippen molar-refractivity contribution < 1.29 is 4.79 Å². The standard InChI is InChI=1S/C9H18N2.C4H8N2O.C3H8/c1-2-10-5-7-11(8-6-10)9-3-4-9;7-4-3-5-1-2-6-4;1-3-2/h9H,2-8H2,1H3;5H,1-3H2,(H,6,7);3H2,1-2H3. The Kier molecular flexibility index (Phi) is 9.63. The number of likely N-dealkylation sites (N-methyl/N-ethyl adjacent to an activating group) is 1. The molecule has 0 aromatic heterocycles. The largest absolute Gasteiger partial charge is 0.354 e. The molecule has 1 saturated carbocycles. The van der Waals surface area contributed by atoms with Gasteiger partial charge in [0.1, 0.15) is 0 Å². The Morgan fingerprint density at radius 2 is 1.67 bits per heavy atom. The van der Waals surface area contributed by atoms with Gasteiger partial charge >= 0.3 is 0 Å². The third-order valence-electron chi connectivity index (χ3n) is 3.83. The smallest absolute Gasteiger partial charge is 0.234 e. The number of amides is 1. The number of nitrogens with one attached hydrogen (secondary N) is 2. The number of carbonyl (C=O) groups is 1. The topological polar surface area (TPSA) is 47.6 Å². The van der Waals surface area contributed by atoms with Crippen LogP contribution in [0.1, 0.15) is 40.0 Å². The number of carbonyl (C=O) groups excluding carboxylic acids is 1. The Balaban J connectivity index is 0.000000190. The minimum atomic E-state index is 0.103. The van der Waals surface area contributed by atoms with Crippen LogP contribution in [0, 0.1) is 0 Å². The summed E-state index contributed by atoms with van der Waals surface area (Å²) in [6.45, 7) is 15.1. The Morgan fingerprint density at radius 1 is 1.05 bits per heavy atom. The van der Waals surface area contributed by atoms with Crippen molar-refractivity contribution in [3.05, 3.63) is 0 Å². The molecule has 2 saturated heterocycles. The van der Waals surface area contributed by atoms with Crippen LogP contribution in [0.3, 0.4) is 0 Å². The molecule has 1 aliphatic carbocycles. The van der Waals surface area contributed by atoms with E-state index < -0.39 is 0 Å². The van der Waals surface area contributed by atoms with Crippen molar-refractivity contribution in [2.24, 2.45) is 0 Å². The van der Waals surface area contributed by atoms with Crippen molar-refractivity contribution in [2.45, 2.75) is 46.1 Å². The molecule has 0 atom stereocenters. The Bertz CT molecular complexity index is 265. The van der Waals surface area contributed by atoms with Crippen molar-refractivity contribution in [2.75, 3.05) is 52.4 Å². The number of piperazine rings is 2. The number of rotatable bonds is 2. The van der Waals surface area contributed by atoms with Gasteiger partial charge in [-0.25, -0.2) is 0 Å². The fraction of sp³-hybridized carbons (Fsp3) is 0.938. The summed E-state index contributed by atoms with van der Waals surface area (Å²) in [6.07, 6.45) is 4.18. The van der Waals surface area contributed by atoms with Gasteiger partial charge < -0.3 is 15.5 Å². The molecular weight excluding hydrogens is 264 g/mol. The van der Waals surface area contributed by atoms with Crippen molar-refractivity contribution in [1.82, 2.24) is 20.4 Å². The van der Waals surface area contributed by atoms with Gasteiger partial charge in [0.15, 0.2) is 0 Å². The monoisotopic (exact) mass is 298 g/mol. The van der Waals surface area contributed by atoms with Crippen LogP contribution in [0.5, 0.6) is 0 Å². The average molecular weight is 298 g/mol. The number of nitrogens with zero attached hydrogens (tertiary/aromatic N) is 2. The van der Waals surface area contributed by atoms with Crippen LogP contribution in [-0.4, -0.2) is 74.1 Å². The fourth-order valence-electron chi connectivity index (χ4n) is 2.44. The van der Waals surface area contributed by atoms with Gasteiger partial charge in [-0.05, 0) is 19.4 Å². The number of hydrogen-bond donors (Lipinski definition) is 2. The van der Waals surface area contributed by atoms with E-state index in [-0.39, 0.29) is 5.91 Å². The Morgan fingerprint density at radius 3 is 2.00 bits per heavy atom. The van der Waals surface area contributed by atoms with Gasteiger partial charge in [0.2, 0.25) is 5.91 Å². The first kappa shape index (κ1) is 18.4. The second-order valence-corrected chi connectivity index (χ2v) is 5.94. The summed E-state index contributed by atoms with van der Waals surface area (Å²) in [6, 6.07) is 0.981. The Labute approximate surface area is 130 Å². The van der Waals surface area contributed by atoms with E-state index in [1.807, 2.05) is 0 Å². The van der Waals surface area contributed by atoms with Crippen molar-refractivity contribution in [3.8, 4) is 0 Å². The van der Waals surface area contributed by atoms with E-state index in [2.05, 4.69) is 41.2 Å². The second kappa shape index (κ2) is 11.0. The lowest BCUT2D eigenvalue weighted by molar-refractivity contribution is -0.121. The highest BCUT2D eigenvalue weighted by molar-refractivity contribution is 5.78. The quantitative estimate of drug-likeness (QED) is 0.795. The fourth-order valence-corrected chi connectivity index (χ4v) is 2.44. The minimum Gasteiger partial charge on any atom is -0.354 e. The highest BCUT2D eigenvalue weighted by atomic mass is 16.2. The van der Waals surface area contributed by atoms with Crippen LogP contribution in [0.15, 0.2) is 0 Å². The van der Waals surface area contributed by atoms with Crippen LogP contribution in [0.2, 0.25) is 0 Å². The maximum absolute atomic E-state index is 10.3. The zero-order valence-electron chi connectivity index (χ0n) is 14.2. The van der Waals surface area contributed by atoms with E-state index in [1.165, 1.54) is 52.0 Å². The molecular formula is C16H34N4O. The first-order chi connectivity index (χ1) is 10.2. The molecule has 21 heavy (non-hydrogen) atoms. The molecule has 124 valence electrons. The molecule has 0 unspecified atom stereocenters. The molecule has 0 aromatic rings. The molecule has 3 rings (SSSR count). The molecule has 2 N–H and O–H groups in total. The van der Waals surface area contributed by atoms with Crippen LogP contribution in [0.25, 0.3) is 0 Å². The van der Waals surface area contributed by atoms with Gasteiger partial charge in [-0.2, -0.15) is 0 Å². The molecule has 0 bridgehead atoms. The molecule has 3 fully saturated rings. The molecule has 0 spiro atoms. The van der Waals surface area contributed by atoms with Crippen molar-refractivity contribution >= 4 is 5.91 Å². The van der Waals surface area contributed by atoms with Gasteiger partial charge in [-0.15, -0.1) is 0 Å². The highest BCUT2D eigenvalue weighted by Crippen LogP contribution is 2.27. The molecule has 2 heterocycles. The van der Waals surface area contributed by atoms with E-state index in [0.29, 0.717) is 6.54 Å². The molecule has 0 radical (unpaired) electrons. The zero-order chi connectivity index (χ0) is 15.5. The van der Waals surface area contributed by atoms with Gasteiger partial charge in [0.05, 0.1) is 6.54 Å². The lowest BCUT2D eigenvalue weighted by atomic mass is 10.3. The van der Waals surface area contributed by atoms with Crippen LogP contribution in [-0.2, 0) is 4.79 Å². The predicted octanol–water partition coefficient (Wildman–Crippen LogP) is 0.908. The van der Waals surface area contributed by atoms with Gasteiger partial charge in [0.25, 0.3) is 0 Å². The first-order valence-electron chi connectivity index (χ1n) is 8.65. The molecule has 3 aliphatic rings. The zero-order valence-corrected chi connectivity index (χ0v) is 14.2. The average Bonchev–Trinajstić information content (AvgIpc) is 3.34. The van der Waals surface area contributed by atoms with Crippen molar-refractivity contribution in [3.63, 3.8) is 0 Å².